The van der Waals surface area contributed by atoms with Crippen LogP contribution in [-0.4, -0.2) is 281 Å². The van der Waals surface area contributed by atoms with Crippen molar-refractivity contribution in [1.82, 2.24) is 74.0 Å². The second-order valence-electron chi connectivity index (χ2n) is 33.0. The molecule has 0 radical (unpaired) electrons. The maximum atomic E-state index is 15.9. The Morgan fingerprint density at radius 1 is 0.460 bits per heavy atom. The number of carboxylic acids is 1. The molecule has 0 spiro atoms. The summed E-state index contributed by atoms with van der Waals surface area (Å²) in [6, 6.07) is 0.267. The number of nitrogens with one attached hydrogen (secondary N) is 13. The first-order valence-electron chi connectivity index (χ1n) is 45.2. The second kappa shape index (κ2) is 59.2. The largest absolute Gasteiger partial charge is 0.508 e. The van der Waals surface area contributed by atoms with E-state index in [4.69, 9.17) is 68.8 Å². The lowest BCUT2D eigenvalue weighted by Crippen LogP contribution is -2.61. The number of carbonyl (C=O) groups is 15. The third kappa shape index (κ3) is 40.8. The first kappa shape index (κ1) is 112. The van der Waals surface area contributed by atoms with Crippen molar-refractivity contribution in [2.75, 3.05) is 63.9 Å². The molecule has 0 aliphatic carbocycles. The number of guanidine groups is 4. The van der Waals surface area contributed by atoms with E-state index in [1.165, 1.54) is 60.4 Å². The minimum Gasteiger partial charge on any atom is -0.508 e. The minimum absolute atomic E-state index is 0.0116. The number of nitrogens with zero attached hydrogens (tertiary/aromatic N) is 5. The molecular formula is C87H134N30O18S2. The molecule has 48 nitrogen and oxygen atoms in total. The third-order valence-electron chi connectivity index (χ3n) is 22.1. The molecule has 0 saturated carbocycles. The number of hydrogen-bond donors (Lipinski definition) is 28. The number of nitrogens with two attached hydrogens (primary N) is 12. The molecule has 2 fully saturated rings. The van der Waals surface area contributed by atoms with Crippen LogP contribution in [0, 0.1) is 0 Å². The fourth-order valence-electron chi connectivity index (χ4n) is 14.7. The standard InChI is InChI=1S/C87H134N30O18S2/c1-48-69(120)106-58(21-11-40-104-87(99)135)74(125)115-66(78(129)111-62(82(133)134)22-12-39-103-86(97)98)46-136-137-47-67(116-77(128)65(45-51-24-29-52-14-2-3-15-53(52)42-51)112-73(124)59(19-9-37-101-84(93)94)107-70(121)56(90)16-8-36-100-83(91)92)79(130)113-64(44-50-27-32-55(119)33-28-50)76(127)109-60(20-10-38-102-85(95)96)71(122)108-57(17-4-6-34-88)72(123)110-61(18-5-7-35-89)81(132)117-41-13-23-68(117)80(131)114-63(75(126)105-48)43-49-25-30-54(118)31-26-49/h2-3,14-15,24-33,42,48,56-68,118-119H,4-13,16-23,34-41,43-47,88-90H2,1H3,(H,105,126)(H,106,120)(H,107,121)(H,108,122)(H,109,127)(H,110,123)(H,111,129)(H,112,124)(H,113,130)(H,114,131)(H,115,125)(H,116,128)(H,133,134)(H4,91,92,100)(H4,93,94,101)(H4,95,96,102)(H4,97,98,103)(H3,99,104,135)/t48-,56-,57-,58-,59-,60+,61+,62-,63-,64-,65-,66-,67-,68-/m0/s1. The van der Waals surface area contributed by atoms with E-state index in [2.05, 4.69) is 89.1 Å². The lowest BCUT2D eigenvalue weighted by Gasteiger charge is -2.31. The summed E-state index contributed by atoms with van der Waals surface area (Å²) in [7, 11) is 1.51. The highest BCUT2D eigenvalue weighted by atomic mass is 33.1. The average Bonchev–Trinajstić information content (AvgIpc) is 1.63. The van der Waals surface area contributed by atoms with Crippen molar-refractivity contribution in [3.63, 3.8) is 0 Å². The van der Waals surface area contributed by atoms with Gasteiger partial charge in [-0.05, 0) is 187 Å². The van der Waals surface area contributed by atoms with Gasteiger partial charge in [0.1, 0.15) is 90.0 Å². The molecule has 14 atom stereocenters. The predicted molar refractivity (Wildman–Crippen MR) is 518 cm³/mol. The van der Waals surface area contributed by atoms with Crippen molar-refractivity contribution in [3.8, 4) is 11.5 Å². The van der Waals surface area contributed by atoms with Crippen molar-refractivity contribution in [2.24, 2.45) is 88.8 Å². The number of fused-ring (bicyclic) bond motifs is 2. The Hall–Kier alpha value is -13.7. The molecule has 2 heterocycles. The van der Waals surface area contributed by atoms with E-state index in [1.807, 2.05) is 6.07 Å². The fourth-order valence-corrected chi connectivity index (χ4v) is 17.0. The number of urea groups is 1. The topological polar surface area (TPSA) is 838 Å². The average molecular weight is 1950 g/mol. The summed E-state index contributed by atoms with van der Waals surface area (Å²) in [4.78, 5) is 239. The number of phenolic OH excluding ortho intramolecular Hbond substituents is 2. The Morgan fingerprint density at radius 2 is 0.912 bits per heavy atom. The maximum Gasteiger partial charge on any atom is 0.326 e. The van der Waals surface area contributed by atoms with Crippen LogP contribution in [0.15, 0.2) is 111 Å². The smallest absolute Gasteiger partial charge is 0.326 e. The Bertz CT molecular complexity index is 4830. The van der Waals surface area contributed by atoms with E-state index in [0.717, 1.165) is 27.0 Å². The highest BCUT2D eigenvalue weighted by Gasteiger charge is 2.42. The maximum absolute atomic E-state index is 15.9. The van der Waals surface area contributed by atoms with E-state index < -0.39 is 191 Å². The lowest BCUT2D eigenvalue weighted by molar-refractivity contribution is -0.142. The molecule has 50 heteroatoms. The molecule has 15 amide bonds. The van der Waals surface area contributed by atoms with Crippen molar-refractivity contribution in [1.29, 1.82) is 0 Å². The number of carboxylic acid groups (broad SMARTS) is 1. The van der Waals surface area contributed by atoms with Crippen LogP contribution in [0.5, 0.6) is 11.5 Å². The number of primary amides is 1. The molecule has 2 saturated heterocycles. The number of aliphatic carboxylic acids is 1. The number of benzene rings is 4. The van der Waals surface area contributed by atoms with Crippen LogP contribution >= 0.6 is 21.6 Å². The minimum atomic E-state index is -1.88. The molecule has 40 N–H and O–H groups in total. The van der Waals surface area contributed by atoms with Crippen molar-refractivity contribution >= 4 is 145 Å². The summed E-state index contributed by atoms with van der Waals surface area (Å²) in [5.41, 5.74) is 69.8. The number of unbranched alkanes of at least 4 members (excludes halogenated alkanes) is 2. The number of rotatable bonds is 43. The Morgan fingerprint density at radius 3 is 1.46 bits per heavy atom. The number of amides is 15. The summed E-state index contributed by atoms with van der Waals surface area (Å²) >= 11 is 0. The van der Waals surface area contributed by atoms with E-state index >= 15 is 38.4 Å². The van der Waals surface area contributed by atoms with E-state index in [-0.39, 0.29) is 209 Å². The fraction of sp³-hybridized carbons (Fsp3) is 0.529. The number of aromatic hydroxyl groups is 2. The van der Waals surface area contributed by atoms with Gasteiger partial charge in [-0.1, -0.05) is 88.3 Å². The van der Waals surface area contributed by atoms with Gasteiger partial charge in [-0.15, -0.1) is 0 Å². The van der Waals surface area contributed by atoms with Crippen LogP contribution < -0.4 is 138 Å². The van der Waals surface area contributed by atoms with Gasteiger partial charge in [-0.25, -0.2) is 9.59 Å². The summed E-state index contributed by atoms with van der Waals surface area (Å²) in [6.07, 6.45) is -0.612. The highest BCUT2D eigenvalue weighted by molar-refractivity contribution is 8.76. The van der Waals surface area contributed by atoms with Crippen LogP contribution in [0.25, 0.3) is 10.8 Å². The Labute approximate surface area is 800 Å². The van der Waals surface area contributed by atoms with Gasteiger partial charge in [0.15, 0.2) is 23.8 Å². The van der Waals surface area contributed by atoms with Gasteiger partial charge in [-0.3, -0.25) is 82.3 Å². The molecule has 2 aliphatic rings. The Balaban J connectivity index is 1.58. The van der Waals surface area contributed by atoms with E-state index in [9.17, 15) is 48.9 Å². The van der Waals surface area contributed by atoms with Gasteiger partial charge in [0.05, 0.1) is 6.04 Å². The van der Waals surface area contributed by atoms with Crippen molar-refractivity contribution in [3.05, 3.63) is 108 Å². The monoisotopic (exact) mass is 1950 g/mol. The zero-order valence-electron chi connectivity index (χ0n) is 76.6. The van der Waals surface area contributed by atoms with Gasteiger partial charge in [-0.2, -0.15) is 0 Å². The SMILES string of the molecule is C[C@@H]1NC(=O)[C@H](Cc2ccc(O)cc2)NC(=O)[C@@H]2CCCN2C(=O)[C@@H](CCCCN)NC(=O)[C@H](CCCCN)NC(=O)[C@@H](CCCN=C(N)N)NC(=O)[C@H](Cc2ccc(O)cc2)NC(=O)[C@@H](NC(=O)[C@H](Cc2ccc3ccccc3c2)NC(=O)[C@H](CCCN=C(N)N)NC(=O)[C@@H](N)CCCN=C(N)N)CSSC[C@@H](C(=O)N[C@@H](CCCN=C(N)N)C(=O)O)NC(=O)[C@H](CCCNC(N)=O)NC1=O. The predicted octanol–water partition coefficient (Wildman–Crippen LogP) is -6.16. The van der Waals surface area contributed by atoms with E-state index in [1.54, 1.807) is 36.4 Å². The Kier molecular flexibility index (Phi) is 48.4. The summed E-state index contributed by atoms with van der Waals surface area (Å²) in [6.45, 7) is 1.19. The molecule has 0 aromatic heterocycles. The number of phenols is 2. The normalized spacial score (nSPS) is 20.6. The van der Waals surface area contributed by atoms with Gasteiger partial charge < -0.3 is 158 Å². The zero-order chi connectivity index (χ0) is 101. The molecule has 6 rings (SSSR count). The molecule has 2 aliphatic heterocycles. The van der Waals surface area contributed by atoms with Crippen LogP contribution in [0.4, 0.5) is 4.79 Å². The van der Waals surface area contributed by atoms with Gasteiger partial charge >= 0.3 is 12.0 Å². The third-order valence-corrected chi connectivity index (χ3v) is 24.5. The van der Waals surface area contributed by atoms with Crippen LogP contribution in [0.2, 0.25) is 0 Å². The second-order valence-corrected chi connectivity index (χ2v) is 35.6. The summed E-state index contributed by atoms with van der Waals surface area (Å²) in [5, 5.41) is 67.4. The van der Waals surface area contributed by atoms with Crippen LogP contribution in [-0.2, 0) is 86.4 Å². The van der Waals surface area contributed by atoms with Gasteiger partial charge in [0.2, 0.25) is 76.8 Å². The number of carbonyl (C=O) groups excluding carboxylic acids is 14. The number of aliphatic imine (C=N–C) groups is 4. The van der Waals surface area contributed by atoms with E-state index in [0.29, 0.717) is 29.4 Å². The number of hydrogen-bond acceptors (Lipinski definition) is 26. The molecule has 0 bridgehead atoms. The van der Waals surface area contributed by atoms with Gasteiger partial charge in [0, 0.05) is 70.0 Å². The molecule has 4 aromatic carbocycles. The first-order valence-corrected chi connectivity index (χ1v) is 47.7. The highest BCUT2D eigenvalue weighted by Crippen LogP contribution is 2.27. The first-order chi connectivity index (χ1) is 65.3. The molecule has 0 unspecified atom stereocenters. The molecular weight excluding hydrogens is 1820 g/mol. The van der Waals surface area contributed by atoms with Gasteiger partial charge in [0.25, 0.3) is 0 Å². The van der Waals surface area contributed by atoms with Crippen molar-refractivity contribution in [2.45, 2.75) is 226 Å². The molecule has 137 heavy (non-hydrogen) atoms. The lowest BCUT2D eigenvalue weighted by atomic mass is 10.00. The van der Waals surface area contributed by atoms with Crippen LogP contribution in [0.1, 0.15) is 139 Å². The molecule has 4 aromatic rings. The summed E-state index contributed by atoms with van der Waals surface area (Å²) in [5.74, 6) is -16.9. The van der Waals surface area contributed by atoms with Crippen molar-refractivity contribution < 1.29 is 87.2 Å². The summed E-state index contributed by atoms with van der Waals surface area (Å²) < 4.78 is 0. The van der Waals surface area contributed by atoms with Crippen LogP contribution in [0.3, 0.4) is 0 Å². The zero-order valence-corrected chi connectivity index (χ0v) is 78.2. The molecule has 752 valence electrons. The quantitative estimate of drug-likeness (QED) is 0.00849.